The van der Waals surface area contributed by atoms with Gasteiger partial charge in [0, 0.05) is 32.7 Å². The second-order valence-corrected chi connectivity index (χ2v) is 6.91. The van der Waals surface area contributed by atoms with Crippen molar-refractivity contribution in [3.8, 4) is 0 Å². The second kappa shape index (κ2) is 11.2. The molecule has 8 heteroatoms. The van der Waals surface area contributed by atoms with Crippen LogP contribution >= 0.6 is 24.0 Å². The summed E-state index contributed by atoms with van der Waals surface area (Å²) in [5.74, 6) is 2.45. The third-order valence-electron chi connectivity index (χ3n) is 4.41. The lowest BCUT2D eigenvalue weighted by molar-refractivity contribution is 0.203. The number of nitrogens with zero attached hydrogens (tertiary/aromatic N) is 4. The minimum absolute atomic E-state index is 0. The van der Waals surface area contributed by atoms with Crippen LogP contribution < -0.4 is 10.6 Å². The monoisotopic (exact) mass is 486 g/mol. The molecule has 0 unspecified atom stereocenters. The van der Waals surface area contributed by atoms with Gasteiger partial charge in [0.25, 0.3) is 0 Å². The van der Waals surface area contributed by atoms with Gasteiger partial charge in [0.05, 0.1) is 6.61 Å². The Morgan fingerprint density at radius 3 is 2.48 bits per heavy atom. The molecular formula is C19H31IN6O. The molecule has 0 bridgehead atoms. The van der Waals surface area contributed by atoms with E-state index in [-0.39, 0.29) is 29.4 Å². The molecule has 0 aliphatic rings. The summed E-state index contributed by atoms with van der Waals surface area (Å²) in [7, 11) is 3.64. The summed E-state index contributed by atoms with van der Waals surface area (Å²) < 4.78 is 7.07. The van der Waals surface area contributed by atoms with Gasteiger partial charge in [0.1, 0.15) is 12.4 Å². The first-order valence-electron chi connectivity index (χ1n) is 8.85. The van der Waals surface area contributed by atoms with Crippen LogP contribution in [0.3, 0.4) is 0 Å². The maximum absolute atomic E-state index is 5.12. The number of halogens is 1. The Labute approximate surface area is 179 Å². The first-order valence-corrected chi connectivity index (χ1v) is 8.85. The Hall–Kier alpha value is -1.68. The number of hydrogen-bond acceptors (Lipinski definition) is 4. The van der Waals surface area contributed by atoms with E-state index in [1.54, 1.807) is 7.11 Å². The van der Waals surface area contributed by atoms with Crippen molar-refractivity contribution >= 4 is 29.9 Å². The minimum Gasteiger partial charge on any atom is -0.383 e. The topological polar surface area (TPSA) is 76.4 Å². The van der Waals surface area contributed by atoms with E-state index in [1.807, 2.05) is 24.6 Å². The fourth-order valence-electron chi connectivity index (χ4n) is 2.48. The predicted molar refractivity (Wildman–Crippen MR) is 120 cm³/mol. The van der Waals surface area contributed by atoms with E-state index in [9.17, 15) is 0 Å². The normalized spacial score (nSPS) is 11.8. The van der Waals surface area contributed by atoms with E-state index >= 15 is 0 Å². The van der Waals surface area contributed by atoms with Crippen LogP contribution in [0.4, 0.5) is 0 Å². The van der Waals surface area contributed by atoms with Crippen LogP contribution in [0.1, 0.15) is 31.1 Å². The SMILES string of the molecule is COCCNC(=NCc1nnc(C)n1C)NCC(C)(C)c1ccccc1.I. The minimum atomic E-state index is -0.0215. The Kier molecular flexibility index (Phi) is 9.71. The van der Waals surface area contributed by atoms with Crippen molar-refractivity contribution in [3.63, 3.8) is 0 Å². The molecule has 0 atom stereocenters. The molecule has 0 spiro atoms. The van der Waals surface area contributed by atoms with Gasteiger partial charge in [-0.3, -0.25) is 0 Å². The van der Waals surface area contributed by atoms with Crippen molar-refractivity contribution < 1.29 is 4.74 Å². The maximum atomic E-state index is 5.12. The molecule has 0 aliphatic carbocycles. The average molecular weight is 486 g/mol. The summed E-state index contributed by atoms with van der Waals surface area (Å²) in [4.78, 5) is 4.65. The highest BCUT2D eigenvalue weighted by atomic mass is 127. The lowest BCUT2D eigenvalue weighted by Crippen LogP contribution is -2.44. The van der Waals surface area contributed by atoms with Crippen LogP contribution in [0.2, 0.25) is 0 Å². The molecule has 2 aromatic rings. The average Bonchev–Trinajstić information content (AvgIpc) is 2.96. The third-order valence-corrected chi connectivity index (χ3v) is 4.41. The van der Waals surface area contributed by atoms with E-state index < -0.39 is 0 Å². The van der Waals surface area contributed by atoms with Gasteiger partial charge in [-0.25, -0.2) is 4.99 Å². The standard InChI is InChI=1S/C19H30N6O.HI/c1-15-23-24-17(25(15)4)13-21-18(20-11-12-26-5)22-14-19(2,3)16-9-7-6-8-10-16;/h6-10H,11-14H2,1-5H3,(H2,20,21,22);1H. The lowest BCUT2D eigenvalue weighted by atomic mass is 9.85. The molecule has 27 heavy (non-hydrogen) atoms. The van der Waals surface area contributed by atoms with Gasteiger partial charge in [-0.05, 0) is 12.5 Å². The molecule has 0 aliphatic heterocycles. The van der Waals surface area contributed by atoms with Gasteiger partial charge in [0.15, 0.2) is 11.8 Å². The van der Waals surface area contributed by atoms with Gasteiger partial charge < -0.3 is 19.9 Å². The molecule has 1 aromatic carbocycles. The number of guanidine groups is 1. The van der Waals surface area contributed by atoms with Gasteiger partial charge >= 0.3 is 0 Å². The van der Waals surface area contributed by atoms with E-state index in [2.05, 4.69) is 63.9 Å². The largest absolute Gasteiger partial charge is 0.383 e. The van der Waals surface area contributed by atoms with Gasteiger partial charge in [-0.15, -0.1) is 34.2 Å². The molecule has 7 nitrogen and oxygen atoms in total. The molecule has 1 aromatic heterocycles. The number of nitrogens with one attached hydrogen (secondary N) is 2. The number of ether oxygens (including phenoxy) is 1. The quantitative estimate of drug-likeness (QED) is 0.260. The highest BCUT2D eigenvalue weighted by Gasteiger charge is 2.20. The van der Waals surface area contributed by atoms with Gasteiger partial charge in [0.2, 0.25) is 0 Å². The number of hydrogen-bond donors (Lipinski definition) is 2. The number of benzene rings is 1. The molecule has 0 saturated carbocycles. The number of aliphatic imine (C=N–C) groups is 1. The Bertz CT molecular complexity index is 714. The van der Waals surface area contributed by atoms with Gasteiger partial charge in [-0.2, -0.15) is 0 Å². The summed E-state index contributed by atoms with van der Waals surface area (Å²) in [5, 5.41) is 15.0. The fourth-order valence-corrected chi connectivity index (χ4v) is 2.48. The third kappa shape index (κ3) is 7.10. The summed E-state index contributed by atoms with van der Waals surface area (Å²) in [6.45, 7) is 8.89. The lowest BCUT2D eigenvalue weighted by Gasteiger charge is -2.27. The van der Waals surface area contributed by atoms with Crippen molar-refractivity contribution in [2.45, 2.75) is 32.7 Å². The first kappa shape index (κ1) is 23.4. The summed E-state index contributed by atoms with van der Waals surface area (Å²) >= 11 is 0. The van der Waals surface area contributed by atoms with Crippen molar-refractivity contribution in [3.05, 3.63) is 47.5 Å². The summed E-state index contributed by atoms with van der Waals surface area (Å²) in [6, 6.07) is 10.5. The first-order chi connectivity index (χ1) is 12.4. The maximum Gasteiger partial charge on any atom is 0.191 e. The van der Waals surface area contributed by atoms with Crippen LogP contribution in [0.5, 0.6) is 0 Å². The molecule has 0 amide bonds. The molecule has 0 saturated heterocycles. The van der Waals surface area contributed by atoms with Crippen molar-refractivity contribution in [1.29, 1.82) is 0 Å². The van der Waals surface area contributed by atoms with Crippen LogP contribution in [0.15, 0.2) is 35.3 Å². The van der Waals surface area contributed by atoms with Crippen LogP contribution in [0.25, 0.3) is 0 Å². The molecule has 0 fully saturated rings. The molecule has 2 N–H and O–H groups in total. The second-order valence-electron chi connectivity index (χ2n) is 6.91. The number of aryl methyl sites for hydroxylation is 1. The molecule has 0 radical (unpaired) electrons. The van der Waals surface area contributed by atoms with Crippen molar-refractivity contribution in [2.75, 3.05) is 26.8 Å². The Morgan fingerprint density at radius 2 is 1.89 bits per heavy atom. The van der Waals surface area contributed by atoms with Crippen molar-refractivity contribution in [2.24, 2.45) is 12.0 Å². The van der Waals surface area contributed by atoms with E-state index in [1.165, 1.54) is 5.56 Å². The number of rotatable bonds is 8. The molecular weight excluding hydrogens is 455 g/mol. The smallest absolute Gasteiger partial charge is 0.191 e. The summed E-state index contributed by atoms with van der Waals surface area (Å²) in [6.07, 6.45) is 0. The zero-order valence-corrected chi connectivity index (χ0v) is 19.2. The zero-order chi connectivity index (χ0) is 19.0. The van der Waals surface area contributed by atoms with Crippen LogP contribution in [-0.2, 0) is 23.7 Å². The Morgan fingerprint density at radius 1 is 1.19 bits per heavy atom. The van der Waals surface area contributed by atoms with E-state index in [4.69, 9.17) is 4.74 Å². The summed E-state index contributed by atoms with van der Waals surface area (Å²) in [5.41, 5.74) is 1.26. The van der Waals surface area contributed by atoms with Crippen LogP contribution in [0, 0.1) is 6.92 Å². The highest BCUT2D eigenvalue weighted by molar-refractivity contribution is 14.0. The van der Waals surface area contributed by atoms with Crippen molar-refractivity contribution in [1.82, 2.24) is 25.4 Å². The fraction of sp³-hybridized carbons (Fsp3) is 0.526. The van der Waals surface area contributed by atoms with Gasteiger partial charge in [-0.1, -0.05) is 44.2 Å². The highest BCUT2D eigenvalue weighted by Crippen LogP contribution is 2.21. The number of aromatic nitrogens is 3. The molecule has 2 rings (SSSR count). The van der Waals surface area contributed by atoms with E-state index in [0.29, 0.717) is 19.7 Å². The molecule has 1 heterocycles. The predicted octanol–water partition coefficient (Wildman–Crippen LogP) is 2.40. The van der Waals surface area contributed by atoms with Crippen LogP contribution in [-0.4, -0.2) is 47.5 Å². The Balaban J connectivity index is 0.00000364. The number of methoxy groups -OCH3 is 1. The zero-order valence-electron chi connectivity index (χ0n) is 16.8. The molecule has 150 valence electrons. The van der Waals surface area contributed by atoms with E-state index in [0.717, 1.165) is 24.2 Å².